The molecule has 0 unspecified atom stereocenters. The van der Waals surface area contributed by atoms with Crippen molar-refractivity contribution in [2.45, 2.75) is 82.7 Å². The number of aromatic hydroxyl groups is 1. The minimum absolute atomic E-state index is 0.0114. The van der Waals surface area contributed by atoms with Crippen LogP contribution in [0.15, 0.2) is 30.9 Å². The van der Waals surface area contributed by atoms with Crippen LogP contribution in [0.4, 0.5) is 0 Å². The molecular formula is C25H34O4. The quantitative estimate of drug-likeness (QED) is 0.456. The second kappa shape index (κ2) is 7.16. The van der Waals surface area contributed by atoms with E-state index in [1.807, 2.05) is 6.07 Å². The van der Waals surface area contributed by atoms with Crippen molar-refractivity contribution in [3.05, 3.63) is 42.0 Å². The average Bonchev–Trinajstić information content (AvgIpc) is 2.96. The SMILES string of the molecule is C=C[C@@]12CCc3cc(O)ccc3[C@H]1CC[C@@]1(C)[C@H]2CC[C@@]1(O)CCCCC(=O)O. The summed E-state index contributed by atoms with van der Waals surface area (Å²) in [5.41, 5.74) is 1.73. The van der Waals surface area contributed by atoms with Gasteiger partial charge in [0.15, 0.2) is 0 Å². The summed E-state index contributed by atoms with van der Waals surface area (Å²) in [4.78, 5) is 10.8. The van der Waals surface area contributed by atoms with E-state index in [1.54, 1.807) is 6.07 Å². The number of aryl methyl sites for hydroxylation is 1. The van der Waals surface area contributed by atoms with Crippen LogP contribution in [-0.2, 0) is 11.2 Å². The number of aliphatic carboxylic acids is 1. The average molecular weight is 399 g/mol. The Balaban J connectivity index is 1.62. The van der Waals surface area contributed by atoms with Crippen molar-refractivity contribution in [2.24, 2.45) is 16.7 Å². The number of unbranched alkanes of at least 4 members (excludes halogenated alkanes) is 1. The van der Waals surface area contributed by atoms with Crippen molar-refractivity contribution in [1.29, 1.82) is 0 Å². The number of phenolic OH excluding ortho intramolecular Hbond substituents is 1. The number of carboxylic acid groups (broad SMARTS) is 1. The number of benzene rings is 1. The largest absolute Gasteiger partial charge is 0.508 e. The van der Waals surface area contributed by atoms with Crippen LogP contribution >= 0.6 is 0 Å². The number of aliphatic hydroxyl groups is 1. The van der Waals surface area contributed by atoms with Gasteiger partial charge in [-0.25, -0.2) is 0 Å². The molecule has 0 amide bonds. The van der Waals surface area contributed by atoms with Crippen LogP contribution in [0.5, 0.6) is 5.75 Å². The summed E-state index contributed by atoms with van der Waals surface area (Å²) in [6, 6.07) is 5.82. The Labute approximate surface area is 173 Å². The molecule has 0 radical (unpaired) electrons. The van der Waals surface area contributed by atoms with E-state index >= 15 is 0 Å². The van der Waals surface area contributed by atoms with Crippen molar-refractivity contribution in [2.75, 3.05) is 0 Å². The Kier molecular flexibility index (Phi) is 5.05. The normalized spacial score (nSPS) is 38.0. The number of rotatable bonds is 6. The lowest BCUT2D eigenvalue weighted by molar-refractivity contribution is -0.137. The molecule has 4 heteroatoms. The maximum Gasteiger partial charge on any atom is 0.303 e. The van der Waals surface area contributed by atoms with Gasteiger partial charge < -0.3 is 15.3 Å². The Morgan fingerprint density at radius 2 is 2.03 bits per heavy atom. The van der Waals surface area contributed by atoms with Gasteiger partial charge in [0.25, 0.3) is 0 Å². The molecule has 4 nitrogen and oxygen atoms in total. The first kappa shape index (κ1) is 20.5. The van der Waals surface area contributed by atoms with Crippen molar-refractivity contribution in [3.8, 4) is 5.75 Å². The summed E-state index contributed by atoms with van der Waals surface area (Å²) >= 11 is 0. The Hall–Kier alpha value is -1.81. The van der Waals surface area contributed by atoms with Crippen molar-refractivity contribution >= 4 is 5.97 Å². The van der Waals surface area contributed by atoms with Crippen LogP contribution < -0.4 is 0 Å². The van der Waals surface area contributed by atoms with E-state index < -0.39 is 11.6 Å². The molecule has 0 aliphatic heterocycles. The van der Waals surface area contributed by atoms with Crippen LogP contribution in [0, 0.1) is 16.7 Å². The number of carbonyl (C=O) groups is 1. The highest BCUT2D eigenvalue weighted by molar-refractivity contribution is 5.66. The highest BCUT2D eigenvalue weighted by Crippen LogP contribution is 2.70. The van der Waals surface area contributed by atoms with Gasteiger partial charge in [0.1, 0.15) is 5.75 Å². The fraction of sp³-hybridized carbons (Fsp3) is 0.640. The van der Waals surface area contributed by atoms with E-state index in [9.17, 15) is 15.0 Å². The molecule has 2 saturated carbocycles. The van der Waals surface area contributed by atoms with E-state index in [4.69, 9.17) is 5.11 Å². The predicted molar refractivity (Wildman–Crippen MR) is 113 cm³/mol. The lowest BCUT2D eigenvalue weighted by atomic mass is 9.46. The molecule has 1 aromatic rings. The van der Waals surface area contributed by atoms with Crippen LogP contribution in [0.3, 0.4) is 0 Å². The number of carboxylic acids is 1. The first-order chi connectivity index (χ1) is 13.8. The molecule has 3 aliphatic rings. The van der Waals surface area contributed by atoms with Crippen molar-refractivity contribution in [3.63, 3.8) is 0 Å². The lowest BCUT2D eigenvalue weighted by Crippen LogP contribution is -2.55. The van der Waals surface area contributed by atoms with Crippen molar-refractivity contribution in [1.82, 2.24) is 0 Å². The monoisotopic (exact) mass is 398 g/mol. The number of fused-ring (bicyclic) bond motifs is 5. The Morgan fingerprint density at radius 3 is 2.76 bits per heavy atom. The highest BCUT2D eigenvalue weighted by Gasteiger charge is 2.65. The van der Waals surface area contributed by atoms with Gasteiger partial charge >= 0.3 is 5.97 Å². The molecule has 4 rings (SSSR count). The number of hydrogen-bond acceptors (Lipinski definition) is 3. The molecule has 5 atom stereocenters. The van der Waals surface area contributed by atoms with E-state index in [2.05, 4.69) is 25.6 Å². The molecular weight excluding hydrogens is 364 g/mol. The molecule has 3 N–H and O–H groups in total. The standard InChI is InChI=1S/C25H34O4/c1-3-24-14-9-17-16-18(26)7-8-19(17)20(24)10-13-23(2)21(24)11-15-25(23,29)12-5-4-6-22(27)28/h3,7-8,16,20-21,26,29H,1,4-6,9-15H2,2H3,(H,27,28)/t20-,21-,23+,24-,25+/m1/s1. The molecule has 0 bridgehead atoms. The second-order valence-corrected chi connectivity index (χ2v) is 9.93. The minimum Gasteiger partial charge on any atom is -0.508 e. The smallest absolute Gasteiger partial charge is 0.303 e. The summed E-state index contributed by atoms with van der Waals surface area (Å²) in [6.45, 7) is 6.56. The molecule has 29 heavy (non-hydrogen) atoms. The van der Waals surface area contributed by atoms with E-state index in [-0.39, 0.29) is 17.3 Å². The molecule has 1 aromatic carbocycles. The van der Waals surface area contributed by atoms with Crippen LogP contribution in [-0.4, -0.2) is 26.9 Å². The van der Waals surface area contributed by atoms with Gasteiger partial charge in [-0.15, -0.1) is 6.58 Å². The van der Waals surface area contributed by atoms with Gasteiger partial charge in [-0.3, -0.25) is 4.79 Å². The topological polar surface area (TPSA) is 77.8 Å². The van der Waals surface area contributed by atoms with E-state index in [0.29, 0.717) is 30.4 Å². The summed E-state index contributed by atoms with van der Waals surface area (Å²) in [5, 5.41) is 30.6. The zero-order valence-corrected chi connectivity index (χ0v) is 17.5. The molecule has 3 aliphatic carbocycles. The van der Waals surface area contributed by atoms with Crippen LogP contribution in [0.2, 0.25) is 0 Å². The second-order valence-electron chi connectivity index (χ2n) is 9.93. The number of allylic oxidation sites excluding steroid dienone is 1. The Morgan fingerprint density at radius 1 is 1.24 bits per heavy atom. The van der Waals surface area contributed by atoms with Crippen LogP contribution in [0.1, 0.15) is 81.8 Å². The minimum atomic E-state index is -0.759. The van der Waals surface area contributed by atoms with Gasteiger partial charge in [0, 0.05) is 6.42 Å². The van der Waals surface area contributed by atoms with Gasteiger partial charge in [-0.1, -0.05) is 19.1 Å². The fourth-order valence-corrected chi connectivity index (χ4v) is 7.32. The van der Waals surface area contributed by atoms with Gasteiger partial charge in [0.2, 0.25) is 0 Å². The fourth-order valence-electron chi connectivity index (χ4n) is 7.32. The van der Waals surface area contributed by atoms with E-state index in [1.165, 1.54) is 11.1 Å². The third-order valence-corrected chi connectivity index (χ3v) is 8.87. The first-order valence-electron chi connectivity index (χ1n) is 11.2. The van der Waals surface area contributed by atoms with E-state index in [0.717, 1.165) is 44.9 Å². The van der Waals surface area contributed by atoms with Gasteiger partial charge in [-0.2, -0.15) is 0 Å². The molecule has 2 fully saturated rings. The maximum absolute atomic E-state index is 11.7. The molecule has 0 saturated heterocycles. The number of phenols is 1. The zero-order chi connectivity index (χ0) is 20.9. The third kappa shape index (κ3) is 3.02. The lowest BCUT2D eigenvalue weighted by Gasteiger charge is -2.59. The van der Waals surface area contributed by atoms with Gasteiger partial charge in [0.05, 0.1) is 5.60 Å². The highest BCUT2D eigenvalue weighted by atomic mass is 16.4. The zero-order valence-electron chi connectivity index (χ0n) is 17.5. The molecule has 0 heterocycles. The molecule has 158 valence electrons. The van der Waals surface area contributed by atoms with Crippen molar-refractivity contribution < 1.29 is 20.1 Å². The van der Waals surface area contributed by atoms with Gasteiger partial charge in [-0.05, 0) is 104 Å². The third-order valence-electron chi connectivity index (χ3n) is 8.87. The van der Waals surface area contributed by atoms with Crippen LogP contribution in [0.25, 0.3) is 0 Å². The molecule has 0 aromatic heterocycles. The summed E-state index contributed by atoms with van der Waals surface area (Å²) in [5.74, 6) is 0.368. The maximum atomic E-state index is 11.7. The summed E-state index contributed by atoms with van der Waals surface area (Å²) in [7, 11) is 0. The summed E-state index contributed by atoms with van der Waals surface area (Å²) < 4.78 is 0. The number of hydrogen-bond donors (Lipinski definition) is 3. The predicted octanol–water partition coefficient (Wildman–Crippen LogP) is 5.18. The molecule has 0 spiro atoms. The Bertz CT molecular complexity index is 817. The summed E-state index contributed by atoms with van der Waals surface area (Å²) in [6.07, 6.45) is 10.2. The first-order valence-corrected chi connectivity index (χ1v) is 11.2.